The van der Waals surface area contributed by atoms with E-state index in [-0.39, 0.29) is 11.7 Å². The Balaban J connectivity index is 4.32. The van der Waals surface area contributed by atoms with Crippen LogP contribution in [0.1, 0.15) is 34.1 Å². The van der Waals surface area contributed by atoms with Gasteiger partial charge in [-0.05, 0) is 13.3 Å². The smallest absolute Gasteiger partial charge is 0.249 e. The summed E-state index contributed by atoms with van der Waals surface area (Å²) in [7, 11) is 0. The van der Waals surface area contributed by atoms with Crippen LogP contribution >= 0.6 is 0 Å². The first-order valence-electron chi connectivity index (χ1n) is 4.26. The molecule has 0 rings (SSSR count). The van der Waals surface area contributed by atoms with Gasteiger partial charge < -0.3 is 0 Å². The minimum absolute atomic E-state index is 0.0545. The normalized spacial score (nSPS) is 13.6. The lowest BCUT2D eigenvalue weighted by molar-refractivity contribution is -0.139. The number of nitrogens with one attached hydrogen (secondary N) is 1. The van der Waals surface area contributed by atoms with Gasteiger partial charge in [-0.15, -0.1) is 0 Å². The number of hydroxylamine groups is 1. The van der Waals surface area contributed by atoms with Gasteiger partial charge in [0.15, 0.2) is 0 Å². The monoisotopic (exact) mass is 187 g/mol. The molecule has 1 amide bonds. The van der Waals surface area contributed by atoms with Crippen molar-refractivity contribution in [3.05, 3.63) is 0 Å². The molecular weight excluding hydrogens is 170 g/mol. The summed E-state index contributed by atoms with van der Waals surface area (Å²) in [6.07, 6.45) is 0.439. The van der Waals surface area contributed by atoms with Crippen molar-refractivity contribution in [2.24, 2.45) is 11.3 Å². The maximum atomic E-state index is 11.1. The minimum atomic E-state index is -0.708. The van der Waals surface area contributed by atoms with Crippen molar-refractivity contribution in [2.75, 3.05) is 0 Å². The fourth-order valence-electron chi connectivity index (χ4n) is 1.15. The van der Waals surface area contributed by atoms with Crippen LogP contribution in [0.5, 0.6) is 0 Å². The molecule has 0 aliphatic heterocycles. The van der Waals surface area contributed by atoms with Gasteiger partial charge in [0, 0.05) is 11.3 Å². The molecule has 4 nitrogen and oxygen atoms in total. The Hall–Kier alpha value is -0.900. The lowest BCUT2D eigenvalue weighted by Gasteiger charge is -2.24. The van der Waals surface area contributed by atoms with Crippen molar-refractivity contribution in [3.63, 3.8) is 0 Å². The second-order valence-electron chi connectivity index (χ2n) is 4.04. The molecule has 4 heteroatoms. The van der Waals surface area contributed by atoms with Gasteiger partial charge in [-0.3, -0.25) is 14.8 Å². The molecule has 0 saturated carbocycles. The van der Waals surface area contributed by atoms with E-state index in [1.807, 2.05) is 0 Å². The quantitative estimate of drug-likeness (QED) is 0.512. The fourth-order valence-corrected chi connectivity index (χ4v) is 1.15. The van der Waals surface area contributed by atoms with E-state index < -0.39 is 11.3 Å². The standard InChI is InChI=1S/C9H17NO3/c1-6(7(2)11)5-9(3,4)8(12)10-13/h6,13H,5H2,1-4H3,(H,10,12). The highest BCUT2D eigenvalue weighted by molar-refractivity contribution is 5.83. The van der Waals surface area contributed by atoms with E-state index in [2.05, 4.69) is 0 Å². The fraction of sp³-hybridized carbons (Fsp3) is 0.778. The van der Waals surface area contributed by atoms with Gasteiger partial charge in [0.05, 0.1) is 0 Å². The zero-order valence-corrected chi connectivity index (χ0v) is 8.55. The van der Waals surface area contributed by atoms with E-state index in [0.29, 0.717) is 6.42 Å². The van der Waals surface area contributed by atoms with E-state index in [0.717, 1.165) is 0 Å². The highest BCUT2D eigenvalue weighted by atomic mass is 16.5. The molecule has 0 aromatic carbocycles. The Morgan fingerprint density at radius 1 is 1.46 bits per heavy atom. The number of carbonyl (C=O) groups is 2. The first-order valence-corrected chi connectivity index (χ1v) is 4.26. The number of hydrogen-bond donors (Lipinski definition) is 2. The van der Waals surface area contributed by atoms with Crippen LogP contribution in [0.4, 0.5) is 0 Å². The number of ketones is 1. The van der Waals surface area contributed by atoms with Crippen molar-refractivity contribution in [2.45, 2.75) is 34.1 Å². The van der Waals surface area contributed by atoms with Gasteiger partial charge in [-0.2, -0.15) is 0 Å². The Bertz CT molecular complexity index is 211. The molecule has 2 N–H and O–H groups in total. The predicted octanol–water partition coefficient (Wildman–Crippen LogP) is 1.13. The maximum Gasteiger partial charge on any atom is 0.249 e. The second-order valence-corrected chi connectivity index (χ2v) is 4.04. The van der Waals surface area contributed by atoms with Crippen LogP contribution in [-0.2, 0) is 9.59 Å². The molecule has 0 bridgehead atoms. The number of Topliss-reactive ketones (excluding diaryl/α,β-unsaturated/α-hetero) is 1. The molecule has 13 heavy (non-hydrogen) atoms. The van der Waals surface area contributed by atoms with E-state index in [1.54, 1.807) is 26.3 Å². The molecule has 1 unspecified atom stereocenters. The van der Waals surface area contributed by atoms with Crippen molar-refractivity contribution >= 4 is 11.7 Å². The molecule has 0 spiro atoms. The van der Waals surface area contributed by atoms with Crippen LogP contribution in [0, 0.1) is 11.3 Å². The number of carbonyl (C=O) groups excluding carboxylic acids is 2. The molecule has 0 radical (unpaired) electrons. The summed E-state index contributed by atoms with van der Waals surface area (Å²) in [5.74, 6) is -0.563. The van der Waals surface area contributed by atoms with Gasteiger partial charge in [0.25, 0.3) is 0 Å². The highest BCUT2D eigenvalue weighted by Crippen LogP contribution is 2.25. The molecule has 0 aromatic rings. The summed E-state index contributed by atoms with van der Waals surface area (Å²) in [5, 5.41) is 8.44. The summed E-state index contributed by atoms with van der Waals surface area (Å²) in [4.78, 5) is 22.1. The molecule has 0 saturated heterocycles. The Morgan fingerprint density at radius 2 is 1.92 bits per heavy atom. The van der Waals surface area contributed by atoms with Gasteiger partial charge in [-0.1, -0.05) is 20.8 Å². The highest BCUT2D eigenvalue weighted by Gasteiger charge is 2.30. The van der Waals surface area contributed by atoms with Crippen molar-refractivity contribution in [1.29, 1.82) is 0 Å². The van der Waals surface area contributed by atoms with E-state index in [4.69, 9.17) is 5.21 Å². The van der Waals surface area contributed by atoms with Gasteiger partial charge in [0.1, 0.15) is 5.78 Å². The average Bonchev–Trinajstić information content (AvgIpc) is 2.01. The van der Waals surface area contributed by atoms with Crippen LogP contribution in [0.15, 0.2) is 0 Å². The van der Waals surface area contributed by atoms with Crippen LogP contribution in [0.25, 0.3) is 0 Å². The molecule has 1 atom stereocenters. The zero-order chi connectivity index (χ0) is 10.6. The van der Waals surface area contributed by atoms with E-state index >= 15 is 0 Å². The van der Waals surface area contributed by atoms with Crippen molar-refractivity contribution in [1.82, 2.24) is 5.48 Å². The largest absolute Gasteiger partial charge is 0.300 e. The predicted molar refractivity (Wildman–Crippen MR) is 48.2 cm³/mol. The average molecular weight is 187 g/mol. The van der Waals surface area contributed by atoms with E-state index in [1.165, 1.54) is 6.92 Å². The van der Waals surface area contributed by atoms with Crippen molar-refractivity contribution < 1.29 is 14.8 Å². The van der Waals surface area contributed by atoms with Crippen LogP contribution in [-0.4, -0.2) is 16.9 Å². The SMILES string of the molecule is CC(=O)C(C)CC(C)(C)C(=O)NO. The van der Waals surface area contributed by atoms with Gasteiger partial charge >= 0.3 is 0 Å². The first-order chi connectivity index (χ1) is 5.81. The molecule has 76 valence electrons. The van der Waals surface area contributed by atoms with Gasteiger partial charge in [-0.25, -0.2) is 5.48 Å². The lowest BCUT2D eigenvalue weighted by atomic mass is 9.81. The van der Waals surface area contributed by atoms with E-state index in [9.17, 15) is 9.59 Å². The van der Waals surface area contributed by atoms with Crippen molar-refractivity contribution in [3.8, 4) is 0 Å². The third-order valence-electron chi connectivity index (χ3n) is 2.23. The molecule has 0 aliphatic rings. The van der Waals surface area contributed by atoms with Crippen LogP contribution < -0.4 is 5.48 Å². The first kappa shape index (κ1) is 12.1. The lowest BCUT2D eigenvalue weighted by Crippen LogP contribution is -2.36. The van der Waals surface area contributed by atoms with Crippen LogP contribution in [0.3, 0.4) is 0 Å². The molecular formula is C9H17NO3. The van der Waals surface area contributed by atoms with Gasteiger partial charge in [0.2, 0.25) is 5.91 Å². The summed E-state index contributed by atoms with van der Waals surface area (Å²) in [6.45, 7) is 6.66. The zero-order valence-electron chi connectivity index (χ0n) is 8.55. The summed E-state index contributed by atoms with van der Waals surface area (Å²) < 4.78 is 0. The topological polar surface area (TPSA) is 66.4 Å². The number of rotatable bonds is 4. The van der Waals surface area contributed by atoms with Crippen LogP contribution in [0.2, 0.25) is 0 Å². The Morgan fingerprint density at radius 3 is 2.23 bits per heavy atom. The molecule has 0 aromatic heterocycles. The second kappa shape index (κ2) is 4.37. The third-order valence-corrected chi connectivity index (χ3v) is 2.23. The Labute approximate surface area is 78.3 Å². The summed E-state index contributed by atoms with van der Waals surface area (Å²) >= 11 is 0. The number of hydrogen-bond acceptors (Lipinski definition) is 3. The molecule has 0 aliphatic carbocycles. The number of amides is 1. The third kappa shape index (κ3) is 3.55. The molecule has 0 heterocycles. The maximum absolute atomic E-state index is 11.1. The minimum Gasteiger partial charge on any atom is -0.300 e. The summed E-state index contributed by atoms with van der Waals surface area (Å²) in [5.41, 5.74) is 0.891. The Kier molecular flexibility index (Phi) is 4.07. The summed E-state index contributed by atoms with van der Waals surface area (Å²) in [6, 6.07) is 0. The molecule has 0 fully saturated rings.